The lowest BCUT2D eigenvalue weighted by Gasteiger charge is -2.36. The summed E-state index contributed by atoms with van der Waals surface area (Å²) in [4.78, 5) is 16.5. The van der Waals surface area contributed by atoms with Crippen molar-refractivity contribution in [1.82, 2.24) is 4.90 Å². The van der Waals surface area contributed by atoms with Crippen LogP contribution >= 0.6 is 0 Å². The number of halogens is 1. The Morgan fingerprint density at radius 2 is 1.56 bits per heavy atom. The summed E-state index contributed by atoms with van der Waals surface area (Å²) in [5.41, 5.74) is 1.85. The molecule has 1 aliphatic rings. The van der Waals surface area contributed by atoms with Crippen LogP contribution in [0.15, 0.2) is 53.4 Å². The topological polar surface area (TPSA) is 83.7 Å². The van der Waals surface area contributed by atoms with Crippen molar-refractivity contribution in [3.05, 3.63) is 59.9 Å². The molecule has 8 heteroatoms. The van der Waals surface area contributed by atoms with Gasteiger partial charge < -0.3 is 9.80 Å². The normalized spacial score (nSPS) is 15.0. The van der Waals surface area contributed by atoms with Crippen LogP contribution in [-0.2, 0) is 21.2 Å². The summed E-state index contributed by atoms with van der Waals surface area (Å²) in [6.45, 7) is 2.67. The second-order valence-corrected chi connectivity index (χ2v) is 8.09. The van der Waals surface area contributed by atoms with Gasteiger partial charge in [-0.1, -0.05) is 12.1 Å². The third-order valence-corrected chi connectivity index (χ3v) is 5.63. The summed E-state index contributed by atoms with van der Waals surface area (Å²) in [6, 6.07) is 12.6. The van der Waals surface area contributed by atoms with Crippen molar-refractivity contribution < 1.29 is 17.6 Å². The summed E-state index contributed by atoms with van der Waals surface area (Å²) < 4.78 is 35.5. The monoisotopic (exact) mass is 391 g/mol. The molecule has 0 aliphatic carbocycles. The third kappa shape index (κ3) is 5.05. The van der Waals surface area contributed by atoms with Crippen LogP contribution in [0.2, 0.25) is 0 Å². The van der Waals surface area contributed by atoms with Crippen molar-refractivity contribution in [2.75, 3.05) is 31.1 Å². The number of amides is 1. The summed E-state index contributed by atoms with van der Waals surface area (Å²) in [5, 5.41) is 5.08. The minimum atomic E-state index is -3.70. The molecular weight excluding hydrogens is 369 g/mol. The number of primary sulfonamides is 1. The van der Waals surface area contributed by atoms with Crippen molar-refractivity contribution in [3.63, 3.8) is 0 Å². The van der Waals surface area contributed by atoms with E-state index < -0.39 is 10.0 Å². The first-order chi connectivity index (χ1) is 12.8. The van der Waals surface area contributed by atoms with E-state index in [0.717, 1.165) is 11.3 Å². The van der Waals surface area contributed by atoms with Crippen molar-refractivity contribution >= 4 is 21.6 Å². The quantitative estimate of drug-likeness (QED) is 0.842. The third-order valence-electron chi connectivity index (χ3n) is 4.70. The van der Waals surface area contributed by atoms with Gasteiger partial charge in [0.15, 0.2) is 0 Å². The average molecular weight is 391 g/mol. The number of aryl methyl sites for hydroxylation is 1. The van der Waals surface area contributed by atoms with Crippen LogP contribution in [-0.4, -0.2) is 45.4 Å². The Balaban J connectivity index is 1.49. The summed E-state index contributed by atoms with van der Waals surface area (Å²) in [6.07, 6.45) is 0.910. The van der Waals surface area contributed by atoms with Gasteiger partial charge in [-0.05, 0) is 48.4 Å². The van der Waals surface area contributed by atoms with Gasteiger partial charge in [0.25, 0.3) is 0 Å². The Kier molecular flexibility index (Phi) is 5.76. The molecule has 0 radical (unpaired) electrons. The molecule has 0 bridgehead atoms. The first-order valence-corrected chi connectivity index (χ1v) is 10.3. The molecule has 144 valence electrons. The predicted octanol–water partition coefficient (Wildman–Crippen LogP) is 1.75. The van der Waals surface area contributed by atoms with Gasteiger partial charge in [-0.3, -0.25) is 4.79 Å². The molecule has 1 fully saturated rings. The minimum Gasteiger partial charge on any atom is -0.368 e. The van der Waals surface area contributed by atoms with Crippen molar-refractivity contribution in [2.45, 2.75) is 17.7 Å². The van der Waals surface area contributed by atoms with Gasteiger partial charge in [0.05, 0.1) is 4.90 Å². The molecule has 1 amide bonds. The molecule has 1 aliphatic heterocycles. The van der Waals surface area contributed by atoms with E-state index in [4.69, 9.17) is 5.14 Å². The maximum Gasteiger partial charge on any atom is 0.238 e. The standard InChI is InChI=1S/C19H22FN3O3S/c20-16-4-6-17(7-5-16)22-11-13-23(14-12-22)19(24)10-3-15-1-8-18(9-2-15)27(21,25)26/h1-2,4-9H,3,10-14H2,(H2,21,25,26). The molecule has 2 aromatic carbocycles. The molecule has 3 rings (SSSR count). The van der Waals surface area contributed by atoms with Crippen LogP contribution in [0.1, 0.15) is 12.0 Å². The van der Waals surface area contributed by atoms with Gasteiger partial charge in [-0.25, -0.2) is 17.9 Å². The van der Waals surface area contributed by atoms with E-state index in [1.54, 1.807) is 24.3 Å². The van der Waals surface area contributed by atoms with Gasteiger partial charge in [0.1, 0.15) is 5.82 Å². The second-order valence-electron chi connectivity index (χ2n) is 6.53. The number of nitrogens with zero attached hydrogens (tertiary/aromatic N) is 2. The molecule has 1 heterocycles. The van der Waals surface area contributed by atoms with Gasteiger partial charge in [0, 0.05) is 38.3 Å². The highest BCUT2D eigenvalue weighted by atomic mass is 32.2. The number of hydrogen-bond donors (Lipinski definition) is 1. The molecular formula is C19H22FN3O3S. The Bertz CT molecular complexity index is 891. The van der Waals surface area contributed by atoms with Crippen LogP contribution in [0.3, 0.4) is 0 Å². The zero-order valence-corrected chi connectivity index (χ0v) is 15.7. The van der Waals surface area contributed by atoms with Gasteiger partial charge in [-0.15, -0.1) is 0 Å². The van der Waals surface area contributed by atoms with Crippen LogP contribution in [0.5, 0.6) is 0 Å². The van der Waals surface area contributed by atoms with E-state index in [0.29, 0.717) is 39.0 Å². The molecule has 27 heavy (non-hydrogen) atoms. The van der Waals surface area contributed by atoms with E-state index in [1.807, 2.05) is 4.90 Å². The zero-order valence-electron chi connectivity index (χ0n) is 14.8. The first-order valence-electron chi connectivity index (χ1n) is 8.73. The molecule has 0 saturated carbocycles. The lowest BCUT2D eigenvalue weighted by molar-refractivity contribution is -0.131. The Morgan fingerprint density at radius 3 is 2.11 bits per heavy atom. The fourth-order valence-electron chi connectivity index (χ4n) is 3.12. The van der Waals surface area contributed by atoms with E-state index in [-0.39, 0.29) is 16.6 Å². The largest absolute Gasteiger partial charge is 0.368 e. The van der Waals surface area contributed by atoms with Crippen LogP contribution in [0.25, 0.3) is 0 Å². The van der Waals surface area contributed by atoms with Crippen molar-refractivity contribution in [2.24, 2.45) is 5.14 Å². The number of hydrogen-bond acceptors (Lipinski definition) is 4. The molecule has 2 aromatic rings. The van der Waals surface area contributed by atoms with Crippen molar-refractivity contribution in [3.8, 4) is 0 Å². The van der Waals surface area contributed by atoms with Crippen molar-refractivity contribution in [1.29, 1.82) is 0 Å². The smallest absolute Gasteiger partial charge is 0.238 e. The molecule has 0 unspecified atom stereocenters. The highest BCUT2D eigenvalue weighted by Gasteiger charge is 2.21. The number of sulfonamides is 1. The molecule has 0 atom stereocenters. The molecule has 1 saturated heterocycles. The first kappa shape index (κ1) is 19.3. The van der Waals surface area contributed by atoms with E-state index in [9.17, 15) is 17.6 Å². The second kappa shape index (κ2) is 8.06. The van der Waals surface area contributed by atoms with Gasteiger partial charge in [-0.2, -0.15) is 0 Å². The Hall–Kier alpha value is -2.45. The fraction of sp³-hybridized carbons (Fsp3) is 0.316. The van der Waals surface area contributed by atoms with E-state index in [2.05, 4.69) is 4.90 Å². The van der Waals surface area contributed by atoms with E-state index >= 15 is 0 Å². The minimum absolute atomic E-state index is 0.0643. The maximum absolute atomic E-state index is 13.0. The van der Waals surface area contributed by atoms with Gasteiger partial charge in [0.2, 0.25) is 15.9 Å². The SMILES string of the molecule is NS(=O)(=O)c1ccc(CCC(=O)N2CCN(c3ccc(F)cc3)CC2)cc1. The van der Waals surface area contributed by atoms with E-state index in [1.165, 1.54) is 24.3 Å². The highest BCUT2D eigenvalue weighted by Crippen LogP contribution is 2.18. The molecule has 0 aromatic heterocycles. The lowest BCUT2D eigenvalue weighted by atomic mass is 10.1. The van der Waals surface area contributed by atoms with Crippen LogP contribution in [0, 0.1) is 5.82 Å². The molecule has 2 N–H and O–H groups in total. The predicted molar refractivity (Wildman–Crippen MR) is 101 cm³/mol. The van der Waals surface area contributed by atoms with Gasteiger partial charge >= 0.3 is 0 Å². The number of carbonyl (C=O) groups excluding carboxylic acids is 1. The zero-order chi connectivity index (χ0) is 19.4. The summed E-state index contributed by atoms with van der Waals surface area (Å²) >= 11 is 0. The summed E-state index contributed by atoms with van der Waals surface area (Å²) in [7, 11) is -3.70. The Morgan fingerprint density at radius 1 is 0.963 bits per heavy atom. The lowest BCUT2D eigenvalue weighted by Crippen LogP contribution is -2.48. The number of benzene rings is 2. The van der Waals surface area contributed by atoms with Crippen LogP contribution in [0.4, 0.5) is 10.1 Å². The summed E-state index contributed by atoms with van der Waals surface area (Å²) in [5.74, 6) is -0.186. The average Bonchev–Trinajstić information content (AvgIpc) is 2.66. The number of carbonyl (C=O) groups is 1. The Labute approximate surface area is 158 Å². The highest BCUT2D eigenvalue weighted by molar-refractivity contribution is 7.89. The number of nitrogens with two attached hydrogens (primary N) is 1. The number of piperazine rings is 1. The maximum atomic E-state index is 13.0. The molecule has 0 spiro atoms. The molecule has 6 nitrogen and oxygen atoms in total. The fourth-order valence-corrected chi connectivity index (χ4v) is 3.64. The number of anilines is 1. The van der Waals surface area contributed by atoms with Crippen LogP contribution < -0.4 is 10.0 Å². The number of rotatable bonds is 5.